The van der Waals surface area contributed by atoms with Crippen molar-refractivity contribution in [2.45, 2.75) is 32.9 Å². The number of allylic oxidation sites excluding steroid dienone is 1. The minimum Gasteiger partial charge on any atom is -0.353 e. The fourth-order valence-electron chi connectivity index (χ4n) is 2.19. The van der Waals surface area contributed by atoms with Crippen molar-refractivity contribution >= 4 is 5.95 Å². The van der Waals surface area contributed by atoms with E-state index in [9.17, 15) is 4.39 Å². The lowest BCUT2D eigenvalue weighted by molar-refractivity contribution is 0.626. The second kappa shape index (κ2) is 6.37. The smallest absolute Gasteiger partial charge is 0.203 e. The van der Waals surface area contributed by atoms with Gasteiger partial charge in [-0.05, 0) is 38.0 Å². The number of aromatic nitrogens is 2. The van der Waals surface area contributed by atoms with Crippen molar-refractivity contribution < 1.29 is 4.39 Å². The van der Waals surface area contributed by atoms with E-state index in [1.54, 1.807) is 0 Å². The predicted octanol–water partition coefficient (Wildman–Crippen LogP) is 3.56. The van der Waals surface area contributed by atoms with E-state index in [4.69, 9.17) is 0 Å². The molecule has 1 heterocycles. The summed E-state index contributed by atoms with van der Waals surface area (Å²) >= 11 is 0. The average Bonchev–Trinajstić information content (AvgIpc) is 2.73. The Bertz CT molecular complexity index is 572. The molecule has 0 saturated heterocycles. The van der Waals surface area contributed by atoms with E-state index in [0.29, 0.717) is 0 Å². The maximum Gasteiger partial charge on any atom is 0.203 e. The van der Waals surface area contributed by atoms with E-state index in [1.807, 2.05) is 35.9 Å². The van der Waals surface area contributed by atoms with Gasteiger partial charge >= 0.3 is 0 Å². The fourth-order valence-corrected chi connectivity index (χ4v) is 2.19. The highest BCUT2D eigenvalue weighted by Crippen LogP contribution is 2.12. The molecule has 0 amide bonds. The van der Waals surface area contributed by atoms with Gasteiger partial charge in [0, 0.05) is 18.8 Å². The average molecular weight is 273 g/mol. The summed E-state index contributed by atoms with van der Waals surface area (Å²) in [6, 6.07) is 6.82. The molecule has 1 aromatic heterocycles. The number of anilines is 1. The molecule has 2 aromatic rings. The van der Waals surface area contributed by atoms with Gasteiger partial charge in [0.05, 0.1) is 5.69 Å². The molecule has 0 aliphatic rings. The maximum atomic E-state index is 12.9. The van der Waals surface area contributed by atoms with Crippen LogP contribution in [0.15, 0.2) is 43.1 Å². The zero-order valence-corrected chi connectivity index (χ0v) is 11.9. The van der Waals surface area contributed by atoms with Gasteiger partial charge in [0.2, 0.25) is 5.95 Å². The molecular formula is C16H20FN3. The molecule has 4 heteroatoms. The summed E-state index contributed by atoms with van der Waals surface area (Å²) in [5.74, 6) is 0.642. The summed E-state index contributed by atoms with van der Waals surface area (Å²) in [6.45, 7) is 8.53. The number of rotatable bonds is 6. The highest BCUT2D eigenvalue weighted by molar-refractivity contribution is 5.31. The second-order valence-corrected chi connectivity index (χ2v) is 5.02. The van der Waals surface area contributed by atoms with Crippen molar-refractivity contribution in [2.75, 3.05) is 5.32 Å². The van der Waals surface area contributed by atoms with Crippen molar-refractivity contribution in [1.82, 2.24) is 9.55 Å². The highest BCUT2D eigenvalue weighted by atomic mass is 19.1. The molecule has 1 aromatic carbocycles. The number of benzene rings is 1. The van der Waals surface area contributed by atoms with E-state index in [-0.39, 0.29) is 11.9 Å². The van der Waals surface area contributed by atoms with Crippen LogP contribution in [0.4, 0.5) is 10.3 Å². The van der Waals surface area contributed by atoms with Gasteiger partial charge < -0.3 is 9.88 Å². The van der Waals surface area contributed by atoms with Crippen molar-refractivity contribution in [1.29, 1.82) is 0 Å². The van der Waals surface area contributed by atoms with Crippen molar-refractivity contribution in [3.05, 3.63) is 60.2 Å². The summed E-state index contributed by atoms with van der Waals surface area (Å²) in [5, 5.41) is 3.39. The number of hydrogen-bond acceptors (Lipinski definition) is 2. The van der Waals surface area contributed by atoms with E-state index < -0.39 is 0 Å². The number of halogens is 1. The molecule has 2 rings (SSSR count). The first-order valence-electron chi connectivity index (χ1n) is 6.74. The summed E-state index contributed by atoms with van der Waals surface area (Å²) < 4.78 is 14.9. The third-order valence-corrected chi connectivity index (χ3v) is 3.05. The largest absolute Gasteiger partial charge is 0.353 e. The molecule has 0 aliphatic carbocycles. The molecular weight excluding hydrogens is 253 g/mol. The molecule has 0 aliphatic heterocycles. The Hall–Kier alpha value is -2.10. The van der Waals surface area contributed by atoms with Gasteiger partial charge in [-0.15, -0.1) is 6.58 Å². The number of aryl methyl sites for hydroxylation is 1. The van der Waals surface area contributed by atoms with Gasteiger partial charge in [-0.3, -0.25) is 0 Å². The van der Waals surface area contributed by atoms with Gasteiger partial charge in [-0.1, -0.05) is 18.2 Å². The van der Waals surface area contributed by atoms with Crippen LogP contribution in [0.25, 0.3) is 0 Å². The first-order valence-corrected chi connectivity index (χ1v) is 6.74. The van der Waals surface area contributed by atoms with Crippen molar-refractivity contribution in [3.63, 3.8) is 0 Å². The molecule has 0 radical (unpaired) electrons. The van der Waals surface area contributed by atoms with Crippen LogP contribution in [0.5, 0.6) is 0 Å². The predicted molar refractivity (Wildman–Crippen MR) is 80.3 cm³/mol. The van der Waals surface area contributed by atoms with Gasteiger partial charge in [0.1, 0.15) is 5.82 Å². The van der Waals surface area contributed by atoms with Crippen LogP contribution in [0.1, 0.15) is 18.2 Å². The third-order valence-electron chi connectivity index (χ3n) is 3.05. The lowest BCUT2D eigenvalue weighted by atomic mass is 10.1. The first-order chi connectivity index (χ1) is 9.58. The normalized spacial score (nSPS) is 12.2. The molecule has 106 valence electrons. The monoisotopic (exact) mass is 273 g/mol. The van der Waals surface area contributed by atoms with E-state index in [1.165, 1.54) is 12.1 Å². The zero-order valence-electron chi connectivity index (χ0n) is 11.9. The molecule has 0 fully saturated rings. The number of imidazole rings is 1. The number of nitrogens with one attached hydrogen (secondary N) is 1. The standard InChI is InChI=1S/C16H20FN3/c1-4-9-20-11-13(3)19-16(20)18-12(2)10-14-5-7-15(17)8-6-14/h4-8,11-12H,1,9-10H2,2-3H3,(H,18,19). The number of nitrogens with zero attached hydrogens (tertiary/aromatic N) is 2. The highest BCUT2D eigenvalue weighted by Gasteiger charge is 2.09. The minimum atomic E-state index is -0.202. The molecule has 1 atom stereocenters. The lowest BCUT2D eigenvalue weighted by Gasteiger charge is -2.15. The molecule has 0 saturated carbocycles. The van der Waals surface area contributed by atoms with E-state index in [0.717, 1.165) is 30.2 Å². The Balaban J connectivity index is 2.02. The van der Waals surface area contributed by atoms with Crippen LogP contribution in [-0.2, 0) is 13.0 Å². The van der Waals surface area contributed by atoms with Crippen LogP contribution in [0.2, 0.25) is 0 Å². The first kappa shape index (κ1) is 14.3. The van der Waals surface area contributed by atoms with Crippen LogP contribution in [-0.4, -0.2) is 15.6 Å². The van der Waals surface area contributed by atoms with E-state index in [2.05, 4.69) is 23.8 Å². The Morgan fingerprint density at radius 2 is 2.10 bits per heavy atom. The topological polar surface area (TPSA) is 29.9 Å². The SMILES string of the molecule is C=CCn1cc(C)nc1NC(C)Cc1ccc(F)cc1. The maximum absolute atomic E-state index is 12.9. The van der Waals surface area contributed by atoms with Crippen LogP contribution in [0, 0.1) is 12.7 Å². The van der Waals surface area contributed by atoms with Crippen LogP contribution < -0.4 is 5.32 Å². The van der Waals surface area contributed by atoms with E-state index >= 15 is 0 Å². The van der Waals surface area contributed by atoms with Gasteiger partial charge in [0.25, 0.3) is 0 Å². The zero-order chi connectivity index (χ0) is 14.5. The van der Waals surface area contributed by atoms with Crippen LogP contribution >= 0.6 is 0 Å². The van der Waals surface area contributed by atoms with Gasteiger partial charge in [-0.2, -0.15) is 0 Å². The summed E-state index contributed by atoms with van der Waals surface area (Å²) in [5.41, 5.74) is 2.08. The molecule has 0 spiro atoms. The summed E-state index contributed by atoms with van der Waals surface area (Å²) in [7, 11) is 0. The Morgan fingerprint density at radius 3 is 2.75 bits per heavy atom. The van der Waals surface area contributed by atoms with Crippen molar-refractivity contribution in [3.8, 4) is 0 Å². The Morgan fingerprint density at radius 1 is 1.40 bits per heavy atom. The molecule has 0 bridgehead atoms. The summed E-state index contributed by atoms with van der Waals surface area (Å²) in [4.78, 5) is 4.47. The Labute approximate surface area is 119 Å². The minimum absolute atomic E-state index is 0.202. The molecule has 20 heavy (non-hydrogen) atoms. The van der Waals surface area contributed by atoms with Crippen molar-refractivity contribution in [2.24, 2.45) is 0 Å². The summed E-state index contributed by atoms with van der Waals surface area (Å²) in [6.07, 6.45) is 4.66. The number of hydrogen-bond donors (Lipinski definition) is 1. The third kappa shape index (κ3) is 3.70. The van der Waals surface area contributed by atoms with Gasteiger partial charge in [0.15, 0.2) is 0 Å². The van der Waals surface area contributed by atoms with Crippen LogP contribution in [0.3, 0.4) is 0 Å². The second-order valence-electron chi connectivity index (χ2n) is 5.02. The molecule has 1 unspecified atom stereocenters. The Kier molecular flexibility index (Phi) is 4.56. The van der Waals surface area contributed by atoms with Gasteiger partial charge in [-0.25, -0.2) is 9.37 Å². The fraction of sp³-hybridized carbons (Fsp3) is 0.312. The lowest BCUT2D eigenvalue weighted by Crippen LogP contribution is -2.20. The molecule has 1 N–H and O–H groups in total. The molecule has 3 nitrogen and oxygen atoms in total. The quantitative estimate of drug-likeness (QED) is 0.816.